The van der Waals surface area contributed by atoms with Gasteiger partial charge in [-0.1, -0.05) is 26.0 Å². The molecule has 0 radical (unpaired) electrons. The van der Waals surface area contributed by atoms with Gasteiger partial charge in [0, 0.05) is 13.1 Å². The lowest BCUT2D eigenvalue weighted by molar-refractivity contribution is -0.143. The Morgan fingerprint density at radius 2 is 2.00 bits per heavy atom. The molecule has 0 aliphatic carbocycles. The molecule has 1 heterocycles. The minimum atomic E-state index is -0.697. The third-order valence-corrected chi connectivity index (χ3v) is 2.27. The molecular formula is C10H17NO2. The van der Waals surface area contributed by atoms with Crippen LogP contribution in [-0.4, -0.2) is 35.1 Å². The Labute approximate surface area is 79.0 Å². The fourth-order valence-corrected chi connectivity index (χ4v) is 1.60. The SMILES string of the molecule is CC(C)CC(C(=O)O)N1CC=CC1. The summed E-state index contributed by atoms with van der Waals surface area (Å²) in [5.74, 6) is -0.265. The van der Waals surface area contributed by atoms with Gasteiger partial charge in [-0.25, -0.2) is 0 Å². The highest BCUT2D eigenvalue weighted by atomic mass is 16.4. The Kier molecular flexibility index (Phi) is 3.48. The van der Waals surface area contributed by atoms with Crippen LogP contribution in [0.3, 0.4) is 0 Å². The average molecular weight is 183 g/mol. The van der Waals surface area contributed by atoms with Crippen LogP contribution in [0.5, 0.6) is 0 Å². The van der Waals surface area contributed by atoms with Gasteiger partial charge in [-0.15, -0.1) is 0 Å². The highest BCUT2D eigenvalue weighted by Gasteiger charge is 2.26. The van der Waals surface area contributed by atoms with Crippen LogP contribution in [0.25, 0.3) is 0 Å². The smallest absolute Gasteiger partial charge is 0.320 e. The molecule has 13 heavy (non-hydrogen) atoms. The summed E-state index contributed by atoms with van der Waals surface area (Å²) in [6.45, 7) is 5.67. The highest BCUT2D eigenvalue weighted by Crippen LogP contribution is 2.14. The van der Waals surface area contributed by atoms with E-state index in [4.69, 9.17) is 5.11 Å². The van der Waals surface area contributed by atoms with Crippen LogP contribution in [0.1, 0.15) is 20.3 Å². The van der Waals surface area contributed by atoms with Crippen LogP contribution >= 0.6 is 0 Å². The van der Waals surface area contributed by atoms with Crippen LogP contribution < -0.4 is 0 Å². The quantitative estimate of drug-likeness (QED) is 0.669. The molecule has 0 fully saturated rings. The van der Waals surface area contributed by atoms with E-state index in [1.165, 1.54) is 0 Å². The van der Waals surface area contributed by atoms with Crippen LogP contribution in [0.15, 0.2) is 12.2 Å². The lowest BCUT2D eigenvalue weighted by atomic mass is 10.0. The van der Waals surface area contributed by atoms with Crippen LogP contribution in [0.4, 0.5) is 0 Å². The monoisotopic (exact) mass is 183 g/mol. The molecule has 0 aromatic rings. The van der Waals surface area contributed by atoms with E-state index in [-0.39, 0.29) is 6.04 Å². The summed E-state index contributed by atoms with van der Waals surface area (Å²) in [7, 11) is 0. The number of hydrogen-bond acceptors (Lipinski definition) is 2. The summed E-state index contributed by atoms with van der Waals surface area (Å²) in [6.07, 6.45) is 4.78. The number of carboxylic acids is 1. The van der Waals surface area contributed by atoms with Gasteiger partial charge in [-0.2, -0.15) is 0 Å². The molecule has 1 rings (SSSR count). The van der Waals surface area contributed by atoms with Gasteiger partial charge in [0.25, 0.3) is 0 Å². The molecule has 3 nitrogen and oxygen atoms in total. The Morgan fingerprint density at radius 3 is 2.38 bits per heavy atom. The summed E-state index contributed by atoms with van der Waals surface area (Å²) in [5.41, 5.74) is 0. The van der Waals surface area contributed by atoms with Crippen molar-refractivity contribution in [1.29, 1.82) is 0 Å². The van der Waals surface area contributed by atoms with E-state index in [1.807, 2.05) is 17.1 Å². The first-order valence-corrected chi connectivity index (χ1v) is 4.73. The second-order valence-electron chi connectivity index (χ2n) is 3.91. The summed E-state index contributed by atoms with van der Waals surface area (Å²) in [4.78, 5) is 12.9. The van der Waals surface area contributed by atoms with E-state index in [9.17, 15) is 4.79 Å². The number of hydrogen-bond donors (Lipinski definition) is 1. The predicted octanol–water partition coefficient (Wildman–Crippen LogP) is 1.36. The van der Waals surface area contributed by atoms with Crippen molar-refractivity contribution in [3.8, 4) is 0 Å². The lowest BCUT2D eigenvalue weighted by Crippen LogP contribution is -2.40. The zero-order valence-corrected chi connectivity index (χ0v) is 8.23. The molecule has 1 aliphatic rings. The highest BCUT2D eigenvalue weighted by molar-refractivity contribution is 5.73. The van der Waals surface area contributed by atoms with Gasteiger partial charge < -0.3 is 5.11 Å². The molecule has 0 aromatic carbocycles. The van der Waals surface area contributed by atoms with Gasteiger partial charge in [0.05, 0.1) is 0 Å². The lowest BCUT2D eigenvalue weighted by Gasteiger charge is -2.24. The second-order valence-corrected chi connectivity index (χ2v) is 3.91. The molecule has 0 bridgehead atoms. The zero-order chi connectivity index (χ0) is 9.84. The van der Waals surface area contributed by atoms with E-state index < -0.39 is 5.97 Å². The third-order valence-electron chi connectivity index (χ3n) is 2.27. The summed E-state index contributed by atoms with van der Waals surface area (Å²) in [5, 5.41) is 9.01. The normalized spacial score (nSPS) is 19.6. The Hall–Kier alpha value is -0.830. The van der Waals surface area contributed by atoms with Gasteiger partial charge in [0.1, 0.15) is 6.04 Å². The summed E-state index contributed by atoms with van der Waals surface area (Å²) in [6, 6.07) is -0.310. The predicted molar refractivity (Wildman–Crippen MR) is 51.6 cm³/mol. The second kappa shape index (κ2) is 4.42. The van der Waals surface area contributed by atoms with Crippen LogP contribution in [0, 0.1) is 5.92 Å². The van der Waals surface area contributed by atoms with Gasteiger partial charge in [-0.05, 0) is 12.3 Å². The molecule has 1 unspecified atom stereocenters. The van der Waals surface area contributed by atoms with Crippen molar-refractivity contribution in [2.24, 2.45) is 5.92 Å². The van der Waals surface area contributed by atoms with Crippen LogP contribution in [-0.2, 0) is 4.79 Å². The van der Waals surface area contributed by atoms with Crippen molar-refractivity contribution < 1.29 is 9.90 Å². The molecule has 0 amide bonds. The van der Waals surface area contributed by atoms with E-state index in [0.717, 1.165) is 19.5 Å². The maximum Gasteiger partial charge on any atom is 0.320 e. The van der Waals surface area contributed by atoms with Crippen LogP contribution in [0.2, 0.25) is 0 Å². The molecule has 74 valence electrons. The van der Waals surface area contributed by atoms with E-state index in [1.54, 1.807) is 0 Å². The van der Waals surface area contributed by atoms with E-state index in [2.05, 4.69) is 13.8 Å². The van der Waals surface area contributed by atoms with Crippen molar-refractivity contribution in [2.75, 3.05) is 13.1 Å². The number of carbonyl (C=O) groups is 1. The molecule has 3 heteroatoms. The summed E-state index contributed by atoms with van der Waals surface area (Å²) >= 11 is 0. The van der Waals surface area contributed by atoms with Crippen molar-refractivity contribution in [3.63, 3.8) is 0 Å². The minimum absolute atomic E-state index is 0.310. The summed E-state index contributed by atoms with van der Waals surface area (Å²) < 4.78 is 0. The fraction of sp³-hybridized carbons (Fsp3) is 0.700. The molecule has 0 spiro atoms. The van der Waals surface area contributed by atoms with Gasteiger partial charge in [0.2, 0.25) is 0 Å². The number of aliphatic carboxylic acids is 1. The zero-order valence-electron chi connectivity index (χ0n) is 8.23. The largest absolute Gasteiger partial charge is 0.480 e. The molecule has 0 saturated carbocycles. The first-order chi connectivity index (χ1) is 6.11. The average Bonchev–Trinajstić information content (AvgIpc) is 2.50. The van der Waals surface area contributed by atoms with Crippen molar-refractivity contribution >= 4 is 5.97 Å². The maximum atomic E-state index is 11.0. The number of nitrogens with zero attached hydrogens (tertiary/aromatic N) is 1. The molecule has 0 aromatic heterocycles. The standard InChI is InChI=1S/C10H17NO2/c1-8(2)7-9(10(12)13)11-5-3-4-6-11/h3-4,8-9H,5-7H2,1-2H3,(H,12,13). The molecule has 1 aliphatic heterocycles. The fourth-order valence-electron chi connectivity index (χ4n) is 1.60. The van der Waals surface area contributed by atoms with Gasteiger partial charge in [-0.3, -0.25) is 9.69 Å². The minimum Gasteiger partial charge on any atom is -0.480 e. The maximum absolute atomic E-state index is 11.0. The van der Waals surface area contributed by atoms with Crippen molar-refractivity contribution in [3.05, 3.63) is 12.2 Å². The van der Waals surface area contributed by atoms with Gasteiger partial charge in [0.15, 0.2) is 0 Å². The van der Waals surface area contributed by atoms with Crippen molar-refractivity contribution in [1.82, 2.24) is 4.90 Å². The van der Waals surface area contributed by atoms with E-state index >= 15 is 0 Å². The first kappa shape index (κ1) is 10.3. The Balaban J connectivity index is 2.51. The molecular weight excluding hydrogens is 166 g/mol. The van der Waals surface area contributed by atoms with Gasteiger partial charge >= 0.3 is 5.97 Å². The van der Waals surface area contributed by atoms with Crippen molar-refractivity contribution in [2.45, 2.75) is 26.3 Å². The molecule has 1 atom stereocenters. The van der Waals surface area contributed by atoms with E-state index in [0.29, 0.717) is 5.92 Å². The number of rotatable bonds is 4. The Bertz CT molecular complexity index is 203. The molecule has 0 saturated heterocycles. The first-order valence-electron chi connectivity index (χ1n) is 4.73. The molecule has 1 N–H and O–H groups in total. The third kappa shape index (κ3) is 2.84. The Morgan fingerprint density at radius 1 is 1.46 bits per heavy atom. The number of carboxylic acid groups (broad SMARTS) is 1. The topological polar surface area (TPSA) is 40.5 Å².